The van der Waals surface area contributed by atoms with E-state index in [4.69, 9.17) is 16.3 Å². The number of alkyl carbamates (subject to hydrolysis) is 1. The van der Waals surface area contributed by atoms with Gasteiger partial charge in [-0.1, -0.05) is 17.7 Å². The summed E-state index contributed by atoms with van der Waals surface area (Å²) < 4.78 is 17.6. The minimum absolute atomic E-state index is 0. The highest BCUT2D eigenvalue weighted by Gasteiger charge is 2.21. The van der Waals surface area contributed by atoms with Crippen LogP contribution in [-0.4, -0.2) is 12.7 Å². The molecule has 1 aliphatic rings. The molecule has 1 fully saturated rings. The van der Waals surface area contributed by atoms with Crippen LogP contribution in [0.1, 0.15) is 18.0 Å². The van der Waals surface area contributed by atoms with Crippen LogP contribution in [0.15, 0.2) is 18.2 Å². The maximum absolute atomic E-state index is 12.9. The Bertz CT molecular complexity index is 400. The standard InChI is InChI=1S/C10H9ClFNO2.ClH/c11-7-5-6(1-2-8(7)12)9-3-4-15-10(14)13-9;/h1-2,5,9H,3-4H2,(H,13,14);1H/t9-;/m0./s1. The maximum Gasteiger partial charge on any atom is 0.407 e. The summed E-state index contributed by atoms with van der Waals surface area (Å²) in [6.45, 7) is 0.367. The lowest BCUT2D eigenvalue weighted by Crippen LogP contribution is -2.35. The summed E-state index contributed by atoms with van der Waals surface area (Å²) in [6.07, 6.45) is 0.208. The number of hydrogen-bond donors (Lipinski definition) is 1. The Hall–Kier alpha value is -1.00. The van der Waals surface area contributed by atoms with E-state index in [-0.39, 0.29) is 23.5 Å². The van der Waals surface area contributed by atoms with Crippen LogP contribution in [0, 0.1) is 5.82 Å². The first kappa shape index (κ1) is 13.1. The summed E-state index contributed by atoms with van der Waals surface area (Å²) in [6, 6.07) is 4.27. The van der Waals surface area contributed by atoms with Gasteiger partial charge in [0.25, 0.3) is 0 Å². The van der Waals surface area contributed by atoms with E-state index < -0.39 is 11.9 Å². The number of rotatable bonds is 1. The molecule has 3 nitrogen and oxygen atoms in total. The number of benzene rings is 1. The lowest BCUT2D eigenvalue weighted by molar-refractivity contribution is 0.115. The first-order valence-corrected chi connectivity index (χ1v) is 4.93. The SMILES string of the molecule is Cl.O=C1N[C@H](c2ccc(F)c(Cl)c2)CCO1. The molecule has 2 rings (SSSR count). The summed E-state index contributed by atoms with van der Waals surface area (Å²) in [5.41, 5.74) is 0.790. The van der Waals surface area contributed by atoms with Gasteiger partial charge >= 0.3 is 6.09 Å². The fraction of sp³-hybridized carbons (Fsp3) is 0.300. The molecule has 0 radical (unpaired) electrons. The van der Waals surface area contributed by atoms with Gasteiger partial charge in [0, 0.05) is 6.42 Å². The fourth-order valence-corrected chi connectivity index (χ4v) is 1.69. The average Bonchev–Trinajstić information content (AvgIpc) is 2.22. The average molecular weight is 266 g/mol. The second-order valence-corrected chi connectivity index (χ2v) is 3.70. The molecule has 0 bridgehead atoms. The van der Waals surface area contributed by atoms with E-state index in [2.05, 4.69) is 5.32 Å². The van der Waals surface area contributed by atoms with Crippen molar-refractivity contribution in [3.8, 4) is 0 Å². The van der Waals surface area contributed by atoms with Crippen molar-refractivity contribution in [3.63, 3.8) is 0 Å². The van der Waals surface area contributed by atoms with Gasteiger partial charge < -0.3 is 10.1 Å². The van der Waals surface area contributed by atoms with Crippen molar-refractivity contribution in [1.29, 1.82) is 0 Å². The number of amides is 1. The number of carbonyl (C=O) groups is 1. The zero-order chi connectivity index (χ0) is 10.8. The summed E-state index contributed by atoms with van der Waals surface area (Å²) in [5, 5.41) is 2.70. The Kier molecular flexibility index (Phi) is 4.38. The normalized spacial score (nSPS) is 19.4. The quantitative estimate of drug-likeness (QED) is 0.848. The van der Waals surface area contributed by atoms with Gasteiger partial charge in [0.2, 0.25) is 0 Å². The van der Waals surface area contributed by atoms with Crippen LogP contribution in [0.4, 0.5) is 9.18 Å². The predicted molar refractivity (Wildman–Crippen MR) is 60.5 cm³/mol. The van der Waals surface area contributed by atoms with Crippen LogP contribution < -0.4 is 5.32 Å². The Balaban J connectivity index is 0.00000128. The molecule has 0 aromatic heterocycles. The first-order valence-electron chi connectivity index (χ1n) is 4.55. The van der Waals surface area contributed by atoms with Crippen LogP contribution in [0.2, 0.25) is 5.02 Å². The van der Waals surface area contributed by atoms with Crippen molar-refractivity contribution in [2.45, 2.75) is 12.5 Å². The van der Waals surface area contributed by atoms with Crippen LogP contribution in [0.5, 0.6) is 0 Å². The molecule has 16 heavy (non-hydrogen) atoms. The Morgan fingerprint density at radius 1 is 1.50 bits per heavy atom. The van der Waals surface area contributed by atoms with Crippen molar-refractivity contribution in [2.24, 2.45) is 0 Å². The summed E-state index contributed by atoms with van der Waals surface area (Å²) in [4.78, 5) is 11.0. The second-order valence-electron chi connectivity index (χ2n) is 3.30. The van der Waals surface area contributed by atoms with E-state index in [1.54, 1.807) is 6.07 Å². The van der Waals surface area contributed by atoms with Crippen molar-refractivity contribution in [1.82, 2.24) is 5.32 Å². The minimum atomic E-state index is -0.459. The third-order valence-electron chi connectivity index (χ3n) is 2.28. The molecular formula is C10H10Cl2FNO2. The zero-order valence-corrected chi connectivity index (χ0v) is 9.78. The summed E-state index contributed by atoms with van der Waals surface area (Å²) in [5.74, 6) is -0.459. The minimum Gasteiger partial charge on any atom is -0.449 e. The second kappa shape index (κ2) is 5.37. The number of ether oxygens (including phenoxy) is 1. The van der Waals surface area contributed by atoms with Gasteiger partial charge in [-0.2, -0.15) is 0 Å². The highest BCUT2D eigenvalue weighted by Crippen LogP contribution is 2.24. The van der Waals surface area contributed by atoms with Gasteiger partial charge in [-0.05, 0) is 17.7 Å². The third kappa shape index (κ3) is 2.77. The van der Waals surface area contributed by atoms with E-state index in [9.17, 15) is 9.18 Å². The number of cyclic esters (lactones) is 1. The molecular weight excluding hydrogens is 256 g/mol. The molecule has 1 aliphatic heterocycles. The summed E-state index contributed by atoms with van der Waals surface area (Å²) >= 11 is 5.65. The number of halogens is 3. The zero-order valence-electron chi connectivity index (χ0n) is 8.20. The topological polar surface area (TPSA) is 38.3 Å². The fourth-order valence-electron chi connectivity index (χ4n) is 1.50. The van der Waals surface area contributed by atoms with Gasteiger partial charge in [0.05, 0.1) is 17.7 Å². The maximum atomic E-state index is 12.9. The van der Waals surface area contributed by atoms with Crippen LogP contribution in [0.25, 0.3) is 0 Å². The molecule has 88 valence electrons. The third-order valence-corrected chi connectivity index (χ3v) is 2.57. The summed E-state index contributed by atoms with van der Waals surface area (Å²) in [7, 11) is 0. The molecule has 1 N–H and O–H groups in total. The van der Waals surface area contributed by atoms with Gasteiger partial charge in [-0.25, -0.2) is 9.18 Å². The highest BCUT2D eigenvalue weighted by molar-refractivity contribution is 6.30. The number of carbonyl (C=O) groups excluding carboxylic acids is 1. The van der Waals surface area contributed by atoms with Crippen LogP contribution >= 0.6 is 24.0 Å². The Labute approximate surface area is 103 Å². The van der Waals surface area contributed by atoms with Crippen LogP contribution in [-0.2, 0) is 4.74 Å². The van der Waals surface area contributed by atoms with Gasteiger partial charge in [0.1, 0.15) is 5.82 Å². The van der Waals surface area contributed by atoms with Gasteiger partial charge in [0.15, 0.2) is 0 Å². The van der Waals surface area contributed by atoms with E-state index >= 15 is 0 Å². The smallest absolute Gasteiger partial charge is 0.407 e. The van der Waals surface area contributed by atoms with Crippen molar-refractivity contribution < 1.29 is 13.9 Å². The van der Waals surface area contributed by atoms with Crippen LogP contribution in [0.3, 0.4) is 0 Å². The van der Waals surface area contributed by atoms with Crippen molar-refractivity contribution in [2.75, 3.05) is 6.61 Å². The molecule has 1 aromatic rings. The molecule has 1 amide bonds. The Morgan fingerprint density at radius 2 is 2.25 bits per heavy atom. The van der Waals surface area contributed by atoms with E-state index in [1.807, 2.05) is 0 Å². The van der Waals surface area contributed by atoms with E-state index in [0.717, 1.165) is 5.56 Å². The highest BCUT2D eigenvalue weighted by atomic mass is 35.5. The van der Waals surface area contributed by atoms with E-state index in [1.165, 1.54) is 12.1 Å². The first-order chi connectivity index (χ1) is 7.16. The largest absolute Gasteiger partial charge is 0.449 e. The molecule has 0 spiro atoms. The number of hydrogen-bond acceptors (Lipinski definition) is 2. The molecule has 6 heteroatoms. The lowest BCUT2D eigenvalue weighted by atomic mass is 10.0. The van der Waals surface area contributed by atoms with Crippen molar-refractivity contribution >= 4 is 30.1 Å². The molecule has 1 heterocycles. The predicted octanol–water partition coefficient (Wildman–Crippen LogP) is 3.07. The molecule has 1 aromatic carbocycles. The number of nitrogens with one attached hydrogen (secondary N) is 1. The molecule has 1 atom stereocenters. The van der Waals surface area contributed by atoms with Gasteiger partial charge in [-0.3, -0.25) is 0 Å². The van der Waals surface area contributed by atoms with E-state index in [0.29, 0.717) is 13.0 Å². The lowest BCUT2D eigenvalue weighted by Gasteiger charge is -2.23. The monoisotopic (exact) mass is 265 g/mol. The molecule has 0 saturated carbocycles. The molecule has 0 unspecified atom stereocenters. The molecule has 0 aliphatic carbocycles. The Morgan fingerprint density at radius 3 is 2.88 bits per heavy atom. The van der Waals surface area contributed by atoms with Crippen molar-refractivity contribution in [3.05, 3.63) is 34.6 Å². The molecule has 1 saturated heterocycles. The van der Waals surface area contributed by atoms with Gasteiger partial charge in [-0.15, -0.1) is 12.4 Å².